The van der Waals surface area contributed by atoms with Crippen molar-refractivity contribution in [2.75, 3.05) is 11.9 Å². The van der Waals surface area contributed by atoms with Crippen molar-refractivity contribution in [3.05, 3.63) is 51.2 Å². The van der Waals surface area contributed by atoms with E-state index in [0.29, 0.717) is 0 Å². The summed E-state index contributed by atoms with van der Waals surface area (Å²) in [4.78, 5) is 23.6. The summed E-state index contributed by atoms with van der Waals surface area (Å²) in [6.07, 6.45) is 0.194. The fourth-order valence-electron chi connectivity index (χ4n) is 2.31. The molecule has 5 heteroatoms. The van der Waals surface area contributed by atoms with Crippen LogP contribution in [0.25, 0.3) is 0 Å². The Morgan fingerprint density at radius 3 is 2.45 bits per heavy atom. The lowest BCUT2D eigenvalue weighted by Crippen LogP contribution is -2.22. The van der Waals surface area contributed by atoms with E-state index < -0.39 is 5.97 Å². The number of carbonyl (C=O) groups is 2. The Morgan fingerprint density at radius 1 is 1.18 bits per heavy atom. The van der Waals surface area contributed by atoms with Gasteiger partial charge in [0.15, 0.2) is 6.61 Å². The van der Waals surface area contributed by atoms with Crippen LogP contribution in [0.5, 0.6) is 0 Å². The second-order valence-electron chi connectivity index (χ2n) is 5.29. The summed E-state index contributed by atoms with van der Waals surface area (Å²) in [6.45, 7) is 5.63. The van der Waals surface area contributed by atoms with Crippen molar-refractivity contribution < 1.29 is 14.3 Å². The molecule has 0 radical (unpaired) electrons. The number of aryl methyl sites for hydroxylation is 3. The van der Waals surface area contributed by atoms with Crippen LogP contribution < -0.4 is 5.32 Å². The highest BCUT2D eigenvalue weighted by Gasteiger charge is 2.11. The van der Waals surface area contributed by atoms with Gasteiger partial charge in [-0.15, -0.1) is 0 Å². The van der Waals surface area contributed by atoms with Gasteiger partial charge in [-0.2, -0.15) is 11.3 Å². The third-order valence-corrected chi connectivity index (χ3v) is 3.97. The Balaban J connectivity index is 1.87. The van der Waals surface area contributed by atoms with Crippen LogP contribution in [0.15, 0.2) is 29.0 Å². The van der Waals surface area contributed by atoms with Gasteiger partial charge in [0.05, 0.1) is 6.42 Å². The first-order chi connectivity index (χ1) is 10.5. The Bertz CT molecular complexity index is 654. The molecule has 0 aliphatic carbocycles. The van der Waals surface area contributed by atoms with Crippen LogP contribution in [0.3, 0.4) is 0 Å². The molecule has 0 atom stereocenters. The third kappa shape index (κ3) is 4.43. The third-order valence-electron chi connectivity index (χ3n) is 3.23. The van der Waals surface area contributed by atoms with Crippen molar-refractivity contribution >= 4 is 28.9 Å². The number of anilines is 1. The molecular weight excluding hydrogens is 298 g/mol. The first-order valence-electron chi connectivity index (χ1n) is 7.00. The Labute approximate surface area is 134 Å². The second kappa shape index (κ2) is 7.22. The van der Waals surface area contributed by atoms with Crippen LogP contribution >= 0.6 is 11.3 Å². The fraction of sp³-hybridized carbons (Fsp3) is 0.294. The van der Waals surface area contributed by atoms with E-state index >= 15 is 0 Å². The quantitative estimate of drug-likeness (QED) is 0.860. The van der Waals surface area contributed by atoms with Gasteiger partial charge < -0.3 is 10.1 Å². The van der Waals surface area contributed by atoms with E-state index in [1.165, 1.54) is 11.3 Å². The Kier molecular flexibility index (Phi) is 5.33. The Morgan fingerprint density at radius 2 is 1.86 bits per heavy atom. The molecule has 1 N–H and O–H groups in total. The highest BCUT2D eigenvalue weighted by molar-refractivity contribution is 7.07. The molecular formula is C17H19NO3S. The zero-order chi connectivity index (χ0) is 16.1. The minimum absolute atomic E-state index is 0.194. The van der Waals surface area contributed by atoms with Crippen molar-refractivity contribution in [1.82, 2.24) is 0 Å². The van der Waals surface area contributed by atoms with E-state index in [4.69, 9.17) is 4.74 Å². The molecule has 22 heavy (non-hydrogen) atoms. The van der Waals surface area contributed by atoms with Crippen molar-refractivity contribution in [3.8, 4) is 0 Å². The lowest BCUT2D eigenvalue weighted by Gasteiger charge is -2.13. The van der Waals surface area contributed by atoms with Crippen molar-refractivity contribution in [1.29, 1.82) is 0 Å². The summed E-state index contributed by atoms with van der Waals surface area (Å²) in [5, 5.41) is 6.60. The fourth-order valence-corrected chi connectivity index (χ4v) is 2.98. The molecule has 0 bridgehead atoms. The van der Waals surface area contributed by atoms with Crippen LogP contribution in [0.2, 0.25) is 0 Å². The molecule has 0 saturated heterocycles. The summed E-state index contributed by atoms with van der Waals surface area (Å²) >= 11 is 1.53. The summed E-state index contributed by atoms with van der Waals surface area (Å²) in [5.74, 6) is -0.723. The molecule has 1 amide bonds. The maximum Gasteiger partial charge on any atom is 0.310 e. The molecule has 1 aromatic heterocycles. The van der Waals surface area contributed by atoms with Gasteiger partial charge in [-0.1, -0.05) is 17.7 Å². The van der Waals surface area contributed by atoms with Crippen LogP contribution in [0.1, 0.15) is 22.3 Å². The first-order valence-corrected chi connectivity index (χ1v) is 7.94. The summed E-state index contributed by atoms with van der Waals surface area (Å²) in [6, 6.07) is 5.88. The number of benzene rings is 1. The molecule has 2 rings (SSSR count). The van der Waals surface area contributed by atoms with Crippen molar-refractivity contribution in [2.45, 2.75) is 27.2 Å². The van der Waals surface area contributed by atoms with E-state index in [9.17, 15) is 9.59 Å². The van der Waals surface area contributed by atoms with Gasteiger partial charge in [0.1, 0.15) is 0 Å². The summed E-state index contributed by atoms with van der Waals surface area (Å²) < 4.78 is 5.01. The minimum Gasteiger partial charge on any atom is -0.455 e. The van der Waals surface area contributed by atoms with Crippen molar-refractivity contribution in [3.63, 3.8) is 0 Å². The number of hydrogen-bond acceptors (Lipinski definition) is 4. The van der Waals surface area contributed by atoms with Gasteiger partial charge in [0.25, 0.3) is 5.91 Å². The highest BCUT2D eigenvalue weighted by Crippen LogP contribution is 2.21. The maximum absolute atomic E-state index is 11.9. The molecule has 0 unspecified atom stereocenters. The molecule has 1 aromatic carbocycles. The zero-order valence-electron chi connectivity index (χ0n) is 12.9. The summed E-state index contributed by atoms with van der Waals surface area (Å²) in [5.41, 5.74) is 4.83. The average Bonchev–Trinajstić information content (AvgIpc) is 2.93. The van der Waals surface area contributed by atoms with E-state index in [1.54, 1.807) is 0 Å². The zero-order valence-corrected chi connectivity index (χ0v) is 13.8. The van der Waals surface area contributed by atoms with Crippen LogP contribution in [0, 0.1) is 20.8 Å². The monoisotopic (exact) mass is 317 g/mol. The van der Waals surface area contributed by atoms with E-state index in [2.05, 4.69) is 5.32 Å². The number of carbonyl (C=O) groups excluding carboxylic acids is 2. The highest BCUT2D eigenvalue weighted by atomic mass is 32.1. The number of esters is 1. The number of hydrogen-bond donors (Lipinski definition) is 1. The maximum atomic E-state index is 11.9. The van der Waals surface area contributed by atoms with E-state index in [1.807, 2.05) is 49.7 Å². The normalized spacial score (nSPS) is 10.3. The van der Waals surface area contributed by atoms with Gasteiger partial charge in [0, 0.05) is 5.69 Å². The number of thiophene rings is 1. The lowest BCUT2D eigenvalue weighted by molar-refractivity contribution is -0.146. The largest absolute Gasteiger partial charge is 0.455 e. The SMILES string of the molecule is Cc1cc(C)c(NC(=O)COC(=O)Cc2ccsc2)c(C)c1. The number of nitrogens with one attached hydrogen (secondary N) is 1. The minimum atomic E-state index is -0.397. The molecule has 0 spiro atoms. The van der Waals surface area contributed by atoms with Gasteiger partial charge in [0.2, 0.25) is 0 Å². The molecule has 0 fully saturated rings. The molecule has 2 aromatic rings. The molecule has 0 aliphatic heterocycles. The number of amides is 1. The second-order valence-corrected chi connectivity index (χ2v) is 6.07. The number of rotatable bonds is 5. The molecule has 4 nitrogen and oxygen atoms in total. The van der Waals surface area contributed by atoms with Crippen LogP contribution in [-0.4, -0.2) is 18.5 Å². The molecule has 1 heterocycles. The van der Waals surface area contributed by atoms with Crippen molar-refractivity contribution in [2.24, 2.45) is 0 Å². The van der Waals surface area contributed by atoms with E-state index in [0.717, 1.165) is 27.9 Å². The molecule has 116 valence electrons. The predicted molar refractivity (Wildman–Crippen MR) is 88.3 cm³/mol. The molecule has 0 saturated carbocycles. The lowest BCUT2D eigenvalue weighted by atomic mass is 10.1. The molecule has 0 aliphatic rings. The van der Waals surface area contributed by atoms with Gasteiger partial charge in [-0.05, 0) is 54.3 Å². The topological polar surface area (TPSA) is 55.4 Å². The standard InChI is InChI=1S/C17H19NO3S/c1-11-6-12(2)17(13(3)7-11)18-15(19)9-21-16(20)8-14-4-5-22-10-14/h4-7,10H,8-9H2,1-3H3,(H,18,19). The van der Waals surface area contributed by atoms with E-state index in [-0.39, 0.29) is 18.9 Å². The van der Waals surface area contributed by atoms with Crippen LogP contribution in [-0.2, 0) is 20.7 Å². The van der Waals surface area contributed by atoms with Crippen LogP contribution in [0.4, 0.5) is 5.69 Å². The number of ether oxygens (including phenoxy) is 1. The summed E-state index contributed by atoms with van der Waals surface area (Å²) in [7, 11) is 0. The van der Waals surface area contributed by atoms with Gasteiger partial charge >= 0.3 is 5.97 Å². The average molecular weight is 317 g/mol. The first kappa shape index (κ1) is 16.2. The Hall–Kier alpha value is -2.14. The van der Waals surface area contributed by atoms with Gasteiger partial charge in [-0.25, -0.2) is 0 Å². The smallest absolute Gasteiger partial charge is 0.310 e. The van der Waals surface area contributed by atoms with Gasteiger partial charge in [-0.3, -0.25) is 9.59 Å². The predicted octanol–water partition coefficient (Wildman–Crippen LogP) is 3.40.